The first kappa shape index (κ1) is 18.1. The molecule has 3 atom stereocenters. The molecule has 1 saturated carbocycles. The van der Waals surface area contributed by atoms with Crippen molar-refractivity contribution in [1.82, 2.24) is 4.98 Å². The molecular formula is C12H13ClF3N3O3S. The summed E-state index contributed by atoms with van der Waals surface area (Å²) < 4.78 is 42.6. The second-order valence-corrected chi connectivity index (χ2v) is 6.27. The minimum absolute atomic E-state index is 0. The third-order valence-electron chi connectivity index (χ3n) is 3.85. The summed E-state index contributed by atoms with van der Waals surface area (Å²) in [4.78, 5) is 28.0. The SMILES string of the molecule is Cl.N[C@@H]1[C@@H](C(=O)Nc2nc3c(s2)C(=O)COC3)C[C@H]1C(F)(F)F. The van der Waals surface area contributed by atoms with Crippen LogP contribution < -0.4 is 11.1 Å². The van der Waals surface area contributed by atoms with Crippen molar-refractivity contribution in [1.29, 1.82) is 0 Å². The number of amides is 1. The van der Waals surface area contributed by atoms with Gasteiger partial charge in [-0.05, 0) is 6.42 Å². The van der Waals surface area contributed by atoms with Crippen molar-refractivity contribution in [3.63, 3.8) is 0 Å². The molecule has 3 N–H and O–H groups in total. The molecule has 0 saturated heterocycles. The number of Topliss-reactive ketones (excluding diaryl/α,β-unsaturated/α-hetero) is 1. The van der Waals surface area contributed by atoms with Crippen LogP contribution in [-0.2, 0) is 16.1 Å². The summed E-state index contributed by atoms with van der Waals surface area (Å²) in [5.74, 6) is -3.38. The number of alkyl halides is 3. The van der Waals surface area contributed by atoms with Crippen molar-refractivity contribution in [2.75, 3.05) is 11.9 Å². The maximum Gasteiger partial charge on any atom is 0.393 e. The summed E-state index contributed by atoms with van der Waals surface area (Å²) in [5.41, 5.74) is 5.89. The Bertz CT molecular complexity index is 637. The fourth-order valence-electron chi connectivity index (χ4n) is 2.53. The largest absolute Gasteiger partial charge is 0.393 e. The van der Waals surface area contributed by atoms with Crippen LogP contribution in [0.25, 0.3) is 0 Å². The first-order chi connectivity index (χ1) is 10.3. The second-order valence-electron chi connectivity index (χ2n) is 5.27. The second kappa shape index (κ2) is 6.34. The lowest BCUT2D eigenvalue weighted by molar-refractivity contribution is -0.210. The van der Waals surface area contributed by atoms with Gasteiger partial charge in [0, 0.05) is 6.04 Å². The number of ether oxygens (including phenoxy) is 1. The van der Waals surface area contributed by atoms with E-state index < -0.39 is 30.0 Å². The van der Waals surface area contributed by atoms with Gasteiger partial charge in [-0.2, -0.15) is 13.2 Å². The molecule has 23 heavy (non-hydrogen) atoms. The molecule has 0 aromatic carbocycles. The lowest BCUT2D eigenvalue weighted by Crippen LogP contribution is -2.58. The molecule has 0 unspecified atom stereocenters. The molecule has 1 aliphatic heterocycles. The molecule has 1 aliphatic carbocycles. The van der Waals surface area contributed by atoms with Crippen LogP contribution in [0.1, 0.15) is 21.8 Å². The van der Waals surface area contributed by atoms with Crippen molar-refractivity contribution < 1.29 is 27.5 Å². The third kappa shape index (κ3) is 3.35. The Labute approximate surface area is 139 Å². The molecule has 2 heterocycles. The summed E-state index contributed by atoms with van der Waals surface area (Å²) in [6.07, 6.45) is -4.72. The highest BCUT2D eigenvalue weighted by atomic mass is 35.5. The fraction of sp³-hybridized carbons (Fsp3) is 0.583. The Morgan fingerprint density at radius 1 is 1.39 bits per heavy atom. The third-order valence-corrected chi connectivity index (χ3v) is 4.90. The topological polar surface area (TPSA) is 94.3 Å². The van der Waals surface area contributed by atoms with Gasteiger partial charge in [0.15, 0.2) is 10.9 Å². The molecule has 1 amide bonds. The van der Waals surface area contributed by atoms with Crippen molar-refractivity contribution in [2.24, 2.45) is 17.6 Å². The zero-order valence-electron chi connectivity index (χ0n) is 11.6. The number of nitrogens with two attached hydrogens (primary N) is 1. The lowest BCUT2D eigenvalue weighted by atomic mass is 9.69. The Kier molecular flexibility index (Phi) is 5.00. The van der Waals surface area contributed by atoms with Gasteiger partial charge < -0.3 is 15.8 Å². The van der Waals surface area contributed by atoms with Crippen molar-refractivity contribution in [2.45, 2.75) is 25.2 Å². The number of anilines is 1. The smallest absolute Gasteiger partial charge is 0.367 e. The van der Waals surface area contributed by atoms with Crippen molar-refractivity contribution >= 4 is 40.6 Å². The highest BCUT2D eigenvalue weighted by Gasteiger charge is 2.56. The van der Waals surface area contributed by atoms with Gasteiger partial charge in [0.1, 0.15) is 11.5 Å². The number of nitrogens with one attached hydrogen (secondary N) is 1. The highest BCUT2D eigenvalue weighted by Crippen LogP contribution is 2.44. The monoisotopic (exact) mass is 371 g/mol. The van der Waals surface area contributed by atoms with Crippen LogP contribution in [0, 0.1) is 11.8 Å². The zero-order chi connectivity index (χ0) is 16.1. The molecule has 128 valence electrons. The minimum atomic E-state index is -4.39. The lowest BCUT2D eigenvalue weighted by Gasteiger charge is -2.41. The van der Waals surface area contributed by atoms with Crippen LogP contribution >= 0.6 is 23.7 Å². The van der Waals surface area contributed by atoms with E-state index in [1.165, 1.54) is 0 Å². The van der Waals surface area contributed by atoms with E-state index in [-0.39, 0.29) is 43.0 Å². The number of hydrogen-bond acceptors (Lipinski definition) is 6. The standard InChI is InChI=1S/C12H12F3N3O3S.ClH/c13-12(14,15)5-1-4(8(5)16)10(20)18-11-17-6-2-21-3-7(19)9(6)22-11;/h4-5,8H,1-3,16H2,(H,17,18,20);1H/t4-,5+,8+;/m0./s1. The normalized spacial score (nSPS) is 26.8. The van der Waals surface area contributed by atoms with Gasteiger partial charge in [0.2, 0.25) is 5.91 Å². The molecular weight excluding hydrogens is 359 g/mol. The molecule has 3 rings (SSSR count). The van der Waals surface area contributed by atoms with Crippen molar-refractivity contribution in [3.05, 3.63) is 10.6 Å². The zero-order valence-corrected chi connectivity index (χ0v) is 13.2. The van der Waals surface area contributed by atoms with Gasteiger partial charge in [0.05, 0.1) is 24.1 Å². The van der Waals surface area contributed by atoms with E-state index in [0.717, 1.165) is 11.3 Å². The number of ketones is 1. The Morgan fingerprint density at radius 2 is 2.09 bits per heavy atom. The van der Waals surface area contributed by atoms with Gasteiger partial charge in [-0.15, -0.1) is 12.4 Å². The molecule has 1 fully saturated rings. The van der Waals surface area contributed by atoms with Crippen molar-refractivity contribution in [3.8, 4) is 0 Å². The molecule has 0 bridgehead atoms. The summed E-state index contributed by atoms with van der Waals surface area (Å²) >= 11 is 0.996. The molecule has 0 radical (unpaired) electrons. The molecule has 6 nitrogen and oxygen atoms in total. The van der Waals surface area contributed by atoms with Gasteiger partial charge in [-0.1, -0.05) is 11.3 Å². The average molecular weight is 372 g/mol. The Balaban J connectivity index is 0.00000192. The molecule has 1 aromatic rings. The maximum atomic E-state index is 12.5. The van der Waals surface area contributed by atoms with Gasteiger partial charge in [-0.25, -0.2) is 4.98 Å². The number of fused-ring (bicyclic) bond motifs is 1. The minimum Gasteiger partial charge on any atom is -0.367 e. The number of hydrogen-bond donors (Lipinski definition) is 2. The van der Waals surface area contributed by atoms with E-state index in [1.807, 2.05) is 0 Å². The first-order valence-corrected chi connectivity index (χ1v) is 7.33. The van der Waals surface area contributed by atoms with Crippen LogP contribution in [0.15, 0.2) is 0 Å². The molecule has 2 aliphatic rings. The van der Waals surface area contributed by atoms with E-state index in [0.29, 0.717) is 10.6 Å². The van der Waals surface area contributed by atoms with Crippen LogP contribution in [0.3, 0.4) is 0 Å². The molecule has 1 aromatic heterocycles. The van der Waals surface area contributed by atoms with Crippen LogP contribution in [0.2, 0.25) is 0 Å². The van der Waals surface area contributed by atoms with Crippen LogP contribution in [-0.4, -0.2) is 35.5 Å². The molecule has 11 heteroatoms. The van der Waals surface area contributed by atoms with Gasteiger partial charge in [0.25, 0.3) is 0 Å². The Morgan fingerprint density at radius 3 is 2.65 bits per heavy atom. The number of thiazole rings is 1. The number of aromatic nitrogens is 1. The van der Waals surface area contributed by atoms with Gasteiger partial charge >= 0.3 is 6.18 Å². The summed E-state index contributed by atoms with van der Waals surface area (Å²) in [7, 11) is 0. The fourth-order valence-corrected chi connectivity index (χ4v) is 3.43. The van der Waals surface area contributed by atoms with Crippen LogP contribution in [0.4, 0.5) is 18.3 Å². The first-order valence-electron chi connectivity index (χ1n) is 6.51. The van der Waals surface area contributed by atoms with E-state index in [2.05, 4.69) is 10.3 Å². The number of nitrogens with zero attached hydrogens (tertiary/aromatic N) is 1. The maximum absolute atomic E-state index is 12.5. The summed E-state index contributed by atoms with van der Waals surface area (Å²) in [6.45, 7) is 0.135. The quantitative estimate of drug-likeness (QED) is 0.825. The van der Waals surface area contributed by atoms with Crippen LogP contribution in [0.5, 0.6) is 0 Å². The predicted octanol–water partition coefficient (Wildman–Crippen LogP) is 1.74. The van der Waals surface area contributed by atoms with E-state index in [4.69, 9.17) is 10.5 Å². The summed E-state index contributed by atoms with van der Waals surface area (Å²) in [5, 5.41) is 2.61. The predicted molar refractivity (Wildman–Crippen MR) is 77.6 cm³/mol. The number of halogens is 4. The summed E-state index contributed by atoms with van der Waals surface area (Å²) in [6, 6.07) is -1.25. The van der Waals surface area contributed by atoms with Gasteiger partial charge in [-0.3, -0.25) is 9.59 Å². The number of carbonyl (C=O) groups excluding carboxylic acids is 2. The molecule has 0 spiro atoms. The van der Waals surface area contributed by atoms with E-state index >= 15 is 0 Å². The van der Waals surface area contributed by atoms with E-state index in [9.17, 15) is 22.8 Å². The number of carbonyl (C=O) groups is 2. The number of rotatable bonds is 2. The van der Waals surface area contributed by atoms with E-state index in [1.54, 1.807) is 0 Å². The Hall–Kier alpha value is -1.23. The average Bonchev–Trinajstić information content (AvgIpc) is 2.79. The highest BCUT2D eigenvalue weighted by molar-refractivity contribution is 7.17.